The molecule has 5 N–H and O–H groups in total. The highest BCUT2D eigenvalue weighted by atomic mass is 32.1. The maximum absolute atomic E-state index is 11.2. The second-order valence-corrected chi connectivity index (χ2v) is 8.44. The summed E-state index contributed by atoms with van der Waals surface area (Å²) in [5.41, 5.74) is 13.9. The Labute approximate surface area is 197 Å². The van der Waals surface area contributed by atoms with Crippen molar-refractivity contribution < 1.29 is 14.3 Å². The standard InChI is InChI=1S/C22H20N8O3S/c23-9-14-13(2-1-3-15(14)24)20-28-16-8-17(33-22-26-10-12(11-27-22)19(25)31)34-18(16)21(29-20)30-4-6-32-7-5-30/h1-3,8-11,23H,4-7,24H2,(H2,25,31). The number of hydrogen-bond donors (Lipinski definition) is 3. The van der Waals surface area contributed by atoms with Crippen LogP contribution in [-0.4, -0.2) is 58.4 Å². The first kappa shape index (κ1) is 21.7. The molecule has 0 unspecified atom stereocenters. The van der Waals surface area contributed by atoms with E-state index < -0.39 is 5.91 Å². The van der Waals surface area contributed by atoms with Crippen LogP contribution in [0.15, 0.2) is 36.7 Å². The molecule has 0 aliphatic carbocycles. The molecule has 1 fully saturated rings. The van der Waals surface area contributed by atoms with E-state index in [1.807, 2.05) is 12.1 Å². The van der Waals surface area contributed by atoms with Crippen LogP contribution in [0.5, 0.6) is 11.1 Å². The van der Waals surface area contributed by atoms with Crippen molar-refractivity contribution in [3.63, 3.8) is 0 Å². The Bertz CT molecular complexity index is 1380. The van der Waals surface area contributed by atoms with Crippen LogP contribution >= 0.6 is 11.3 Å². The van der Waals surface area contributed by atoms with Crippen molar-refractivity contribution in [3.05, 3.63) is 47.8 Å². The zero-order chi connectivity index (χ0) is 23.7. The number of hydrogen-bond acceptors (Lipinski definition) is 11. The van der Waals surface area contributed by atoms with Gasteiger partial charge in [-0.3, -0.25) is 4.79 Å². The maximum Gasteiger partial charge on any atom is 0.322 e. The summed E-state index contributed by atoms with van der Waals surface area (Å²) in [7, 11) is 0. The summed E-state index contributed by atoms with van der Waals surface area (Å²) < 4.78 is 12.2. The van der Waals surface area contributed by atoms with E-state index in [1.54, 1.807) is 12.1 Å². The average Bonchev–Trinajstić information content (AvgIpc) is 3.26. The molecule has 11 nitrogen and oxygen atoms in total. The van der Waals surface area contributed by atoms with Crippen molar-refractivity contribution in [1.82, 2.24) is 19.9 Å². The number of anilines is 2. The summed E-state index contributed by atoms with van der Waals surface area (Å²) in [4.78, 5) is 31.1. The molecular formula is C22H20N8O3S. The molecule has 1 aromatic carbocycles. The highest BCUT2D eigenvalue weighted by molar-refractivity contribution is 7.21. The molecule has 0 saturated carbocycles. The first-order chi connectivity index (χ1) is 16.5. The maximum atomic E-state index is 11.2. The van der Waals surface area contributed by atoms with Crippen molar-refractivity contribution in [2.45, 2.75) is 0 Å². The minimum Gasteiger partial charge on any atom is -0.413 e. The molecule has 5 rings (SSSR count). The Morgan fingerprint density at radius 2 is 1.97 bits per heavy atom. The fraction of sp³-hybridized carbons (Fsp3) is 0.182. The van der Waals surface area contributed by atoms with Crippen molar-refractivity contribution in [1.29, 1.82) is 5.41 Å². The third-order valence-corrected chi connectivity index (χ3v) is 6.27. The number of nitrogens with two attached hydrogens (primary N) is 2. The number of thiophene rings is 1. The van der Waals surface area contributed by atoms with Crippen LogP contribution in [-0.2, 0) is 4.74 Å². The summed E-state index contributed by atoms with van der Waals surface area (Å²) in [5.74, 6) is 0.606. The zero-order valence-electron chi connectivity index (χ0n) is 17.9. The van der Waals surface area contributed by atoms with Crippen LogP contribution < -0.4 is 21.1 Å². The Balaban J connectivity index is 1.59. The van der Waals surface area contributed by atoms with Gasteiger partial charge in [0.25, 0.3) is 5.91 Å². The number of carbonyl (C=O) groups is 1. The number of carbonyl (C=O) groups excluding carboxylic acids is 1. The number of nitrogen functional groups attached to an aromatic ring is 1. The summed E-state index contributed by atoms with van der Waals surface area (Å²) in [6, 6.07) is 7.27. The fourth-order valence-electron chi connectivity index (χ4n) is 3.58. The minimum atomic E-state index is -0.614. The van der Waals surface area contributed by atoms with E-state index >= 15 is 0 Å². The van der Waals surface area contributed by atoms with Gasteiger partial charge >= 0.3 is 6.01 Å². The van der Waals surface area contributed by atoms with Crippen molar-refractivity contribution in [3.8, 4) is 22.5 Å². The van der Waals surface area contributed by atoms with E-state index in [1.165, 1.54) is 29.9 Å². The van der Waals surface area contributed by atoms with Gasteiger partial charge in [-0.05, 0) is 6.07 Å². The molecule has 0 radical (unpaired) electrons. The molecule has 12 heteroatoms. The minimum absolute atomic E-state index is 0.0830. The lowest BCUT2D eigenvalue weighted by atomic mass is 10.1. The molecule has 1 amide bonds. The number of rotatable bonds is 6. The number of aromatic nitrogens is 4. The van der Waals surface area contributed by atoms with Crippen LogP contribution in [0, 0.1) is 5.41 Å². The molecule has 4 aromatic rings. The zero-order valence-corrected chi connectivity index (χ0v) is 18.7. The molecule has 172 valence electrons. The fourth-order valence-corrected chi connectivity index (χ4v) is 4.54. The smallest absolute Gasteiger partial charge is 0.322 e. The van der Waals surface area contributed by atoms with Gasteiger partial charge in [0.05, 0.1) is 29.0 Å². The number of primary amides is 1. The Kier molecular flexibility index (Phi) is 5.74. The number of benzene rings is 1. The third-order valence-electron chi connectivity index (χ3n) is 5.27. The number of ether oxygens (including phenoxy) is 2. The molecular weight excluding hydrogens is 456 g/mol. The van der Waals surface area contributed by atoms with Gasteiger partial charge in [0.15, 0.2) is 16.7 Å². The predicted octanol–water partition coefficient (Wildman–Crippen LogP) is 2.46. The van der Waals surface area contributed by atoms with E-state index in [2.05, 4.69) is 14.9 Å². The monoisotopic (exact) mass is 476 g/mol. The van der Waals surface area contributed by atoms with Gasteiger partial charge in [0.1, 0.15) is 0 Å². The highest BCUT2D eigenvalue weighted by Gasteiger charge is 2.22. The molecule has 0 atom stereocenters. The van der Waals surface area contributed by atoms with E-state index in [9.17, 15) is 4.79 Å². The quantitative estimate of drug-likeness (QED) is 0.280. The van der Waals surface area contributed by atoms with Crippen LogP contribution in [0.25, 0.3) is 21.6 Å². The lowest BCUT2D eigenvalue weighted by molar-refractivity contribution is 0.0999. The van der Waals surface area contributed by atoms with Gasteiger partial charge < -0.3 is 31.3 Å². The predicted molar refractivity (Wildman–Crippen MR) is 129 cm³/mol. The SMILES string of the molecule is N=Cc1c(N)cccc1-c1nc(N2CCOCC2)c2sc(Oc3ncc(C(N)=O)cn3)cc2n1. The van der Waals surface area contributed by atoms with Crippen LogP contribution in [0.2, 0.25) is 0 Å². The van der Waals surface area contributed by atoms with Crippen LogP contribution in [0.1, 0.15) is 15.9 Å². The molecule has 1 aliphatic rings. The molecule has 1 aliphatic heterocycles. The Morgan fingerprint density at radius 1 is 1.21 bits per heavy atom. The second-order valence-electron chi connectivity index (χ2n) is 7.42. The van der Waals surface area contributed by atoms with E-state index in [4.69, 9.17) is 36.3 Å². The molecule has 4 heterocycles. The summed E-state index contributed by atoms with van der Waals surface area (Å²) in [5, 5.41) is 8.33. The third kappa shape index (κ3) is 4.11. The van der Waals surface area contributed by atoms with Gasteiger partial charge in [-0.15, -0.1) is 0 Å². The van der Waals surface area contributed by atoms with Gasteiger partial charge in [0.2, 0.25) is 0 Å². The lowest BCUT2D eigenvalue weighted by Crippen LogP contribution is -2.36. The highest BCUT2D eigenvalue weighted by Crippen LogP contribution is 2.39. The number of fused-ring (bicyclic) bond motifs is 1. The average molecular weight is 477 g/mol. The van der Waals surface area contributed by atoms with Gasteiger partial charge in [0, 0.05) is 54.6 Å². The number of morpholine rings is 1. The molecule has 3 aromatic heterocycles. The van der Waals surface area contributed by atoms with Crippen LogP contribution in [0.3, 0.4) is 0 Å². The van der Waals surface area contributed by atoms with Crippen molar-refractivity contribution >= 4 is 45.2 Å². The Hall–Kier alpha value is -4.16. The molecule has 1 saturated heterocycles. The van der Waals surface area contributed by atoms with Crippen molar-refractivity contribution in [2.75, 3.05) is 36.9 Å². The Morgan fingerprint density at radius 3 is 2.68 bits per heavy atom. The molecule has 0 spiro atoms. The van der Waals surface area contributed by atoms with Crippen LogP contribution in [0.4, 0.5) is 11.5 Å². The number of nitrogens with one attached hydrogen (secondary N) is 1. The van der Waals surface area contributed by atoms with Gasteiger partial charge in [-0.1, -0.05) is 23.5 Å². The van der Waals surface area contributed by atoms with E-state index in [0.717, 1.165) is 10.5 Å². The van der Waals surface area contributed by atoms with Gasteiger partial charge in [-0.2, -0.15) is 0 Å². The lowest BCUT2D eigenvalue weighted by Gasteiger charge is -2.28. The summed E-state index contributed by atoms with van der Waals surface area (Å²) >= 11 is 1.37. The second kappa shape index (κ2) is 9.00. The summed E-state index contributed by atoms with van der Waals surface area (Å²) in [6.45, 7) is 2.57. The molecule has 0 bridgehead atoms. The summed E-state index contributed by atoms with van der Waals surface area (Å²) in [6.07, 6.45) is 3.84. The van der Waals surface area contributed by atoms with Crippen molar-refractivity contribution in [2.24, 2.45) is 5.73 Å². The largest absolute Gasteiger partial charge is 0.413 e. The topological polar surface area (TPSA) is 166 Å². The first-order valence-corrected chi connectivity index (χ1v) is 11.2. The normalized spacial score (nSPS) is 13.7. The van der Waals surface area contributed by atoms with E-state index in [-0.39, 0.29) is 11.6 Å². The molecule has 34 heavy (non-hydrogen) atoms. The first-order valence-electron chi connectivity index (χ1n) is 10.4. The van der Waals surface area contributed by atoms with Gasteiger partial charge in [-0.25, -0.2) is 19.9 Å². The number of nitrogens with zero attached hydrogens (tertiary/aromatic N) is 5. The van der Waals surface area contributed by atoms with E-state index in [0.29, 0.717) is 59.5 Å². The number of amides is 1.